The zero-order valence-corrected chi connectivity index (χ0v) is 43.7. The molecule has 316 valence electrons. The second-order valence-corrected chi connectivity index (χ2v) is 20.3. The van der Waals surface area contributed by atoms with Gasteiger partial charge in [0.1, 0.15) is 11.5 Å². The van der Waals surface area contributed by atoms with Crippen LogP contribution >= 0.6 is 0 Å². The molecule has 8 bridgehead atoms. The van der Waals surface area contributed by atoms with Crippen LogP contribution in [0, 0.1) is 0 Å². The average molecular weight is 972 g/mol. The SMILES string of the molecule is [B][10B]C1[10B]([B])C1([10B][B])Cc1cc(CC2([10B][B])[10B]([B])C2[10B][B])c(Oc2ccc3c4nc5nc(nc6nc(nc7[n-]c(nc([n-]4)c3c2)c2ccccc72)-c2ccccc2-6)-c2ccccc2-5)c(CC2([10B][B])[10B]([B])C2[10B][B])c1.[Zn+2]. The van der Waals surface area contributed by atoms with E-state index in [2.05, 4.69) is 12.1 Å². The van der Waals surface area contributed by atoms with Crippen LogP contribution in [-0.2, 0) is 38.7 Å². The summed E-state index contributed by atoms with van der Waals surface area (Å²) in [5.41, 5.74) is 7.07. The molecule has 6 atom stereocenters. The summed E-state index contributed by atoms with van der Waals surface area (Å²) in [6.45, 7) is -0.910. The molecule has 13 rings (SSSR count). The second-order valence-electron chi connectivity index (χ2n) is 20.3. The van der Waals surface area contributed by atoms with Crippen molar-refractivity contribution in [3.8, 4) is 57.1 Å². The number of hydrogen-bond acceptors (Lipinski definition) is 7. The van der Waals surface area contributed by atoms with Gasteiger partial charge in [-0.25, -0.2) is 15.0 Å². The first kappa shape index (κ1) is 50.8. The monoisotopic (exact) mass is 971 g/mol. The molecule has 75 heavy (non-hydrogen) atoms. The topological polar surface area (TPSA) is 115 Å². The van der Waals surface area contributed by atoms with E-state index in [-0.39, 0.29) is 56.4 Å². The molecule has 3 aromatic heterocycles. The van der Waals surface area contributed by atoms with Crippen molar-refractivity contribution in [2.45, 2.75) is 52.1 Å². The van der Waals surface area contributed by atoms with E-state index in [0.717, 1.165) is 49.7 Å². The van der Waals surface area contributed by atoms with Crippen molar-refractivity contribution < 1.29 is 24.2 Å². The molecule has 9 nitrogen and oxygen atoms in total. The minimum Gasteiger partial charge on any atom is -0.457 e. The van der Waals surface area contributed by atoms with Crippen LogP contribution in [0.4, 0.5) is 0 Å². The first-order valence-corrected chi connectivity index (χ1v) is 24.6. The fraction of sp³-hybridized carbons (Fsp3) is 0.191. The third kappa shape index (κ3) is 8.00. The smallest absolute Gasteiger partial charge is 0.457 e. The Morgan fingerprint density at radius 3 is 1.24 bits per heavy atom. The standard InChI is InChI=1S/C47H26B18N8O.Zn/c48-57-42-45(60-51,63(42)54)18-21-15-22(19-46(61-52)43(58-49)64(46)55)33(23(16-21)20-47(62-53)44(59-50)65(47)56)74-24-13-14-31-32(17-24)41-72-39-30-12-6-5-11-29(30)37(70-39)68-35-26-8-2-1-7-25(26)34(66-35)67-36-27-9-3-4-10-28(27)38(69-36)71-40(31)73-41;/h1-17,42-44H,18-20H2;/q-2;+2/i57-1,58-1,59-1,60-1,61-1,62-1,63-1,64-1,65-1;. The average Bonchev–Trinajstić information content (AvgIpc) is 4.06. The Labute approximate surface area is 466 Å². The summed E-state index contributed by atoms with van der Waals surface area (Å²) in [6, 6.07) is 33.5. The van der Waals surface area contributed by atoms with Gasteiger partial charge in [-0.2, -0.15) is 0 Å². The second kappa shape index (κ2) is 19.2. The maximum atomic E-state index is 7.23. The maximum absolute atomic E-state index is 7.23. The van der Waals surface area contributed by atoms with Gasteiger partial charge in [0, 0.05) is 136 Å². The van der Waals surface area contributed by atoms with Crippen LogP contribution in [0.2, 0.25) is 32.8 Å². The summed E-state index contributed by atoms with van der Waals surface area (Å²) in [6.07, 6.45) is 1.30. The Balaban J connectivity index is 0.00000569. The molecular weight excluding hydrogens is 945 g/mol. The molecule has 0 spiro atoms. The largest absolute Gasteiger partial charge is 2.00 e. The molecule has 5 aromatic carbocycles. The summed E-state index contributed by atoms with van der Waals surface area (Å²) in [5, 5.41) is 1.06. The number of fused-ring (bicyclic) bond motifs is 20. The van der Waals surface area contributed by atoms with Crippen molar-refractivity contribution in [2.75, 3.05) is 0 Å². The summed E-state index contributed by atoms with van der Waals surface area (Å²) >= 11 is 0. The van der Waals surface area contributed by atoms with E-state index < -0.39 is 15.6 Å². The fourth-order valence-corrected chi connectivity index (χ4v) is 12.0. The van der Waals surface area contributed by atoms with Gasteiger partial charge in [0.15, 0.2) is 11.6 Å². The number of hydrogen-bond donors (Lipinski definition) is 0. The van der Waals surface area contributed by atoms with Crippen molar-refractivity contribution in [3.05, 3.63) is 120 Å². The molecule has 5 aliphatic heterocycles. The van der Waals surface area contributed by atoms with E-state index in [1.165, 1.54) is 0 Å². The summed E-state index contributed by atoms with van der Waals surface area (Å²) < 4.78 is 7.23. The third-order valence-corrected chi connectivity index (χ3v) is 16.5. The Morgan fingerprint density at radius 2 is 0.827 bits per heavy atom. The van der Waals surface area contributed by atoms with Gasteiger partial charge in [0.05, 0.1) is 53.0 Å². The third-order valence-electron chi connectivity index (χ3n) is 16.5. The van der Waals surface area contributed by atoms with Gasteiger partial charge >= 0.3 is 19.5 Å². The molecule has 24 radical (unpaired) electrons. The number of rotatable bonds is 14. The van der Waals surface area contributed by atoms with E-state index in [1.54, 1.807) is 43.0 Å². The predicted molar refractivity (Wildman–Crippen MR) is 315 cm³/mol. The van der Waals surface area contributed by atoms with Gasteiger partial charge in [-0.1, -0.05) is 84.9 Å². The first-order chi connectivity index (χ1) is 36.0. The van der Waals surface area contributed by atoms with Crippen molar-refractivity contribution in [1.29, 1.82) is 0 Å². The molecule has 0 saturated carbocycles. The van der Waals surface area contributed by atoms with E-state index in [0.29, 0.717) is 87.4 Å². The minimum atomic E-state index is -0.659. The maximum Gasteiger partial charge on any atom is 2.00 e. The number of benzene rings is 5. The van der Waals surface area contributed by atoms with Crippen molar-refractivity contribution in [1.82, 2.24) is 39.9 Å². The zero-order valence-electron chi connectivity index (χ0n) is 40.8. The van der Waals surface area contributed by atoms with Gasteiger partial charge in [-0.15, -0.1) is 32.8 Å². The van der Waals surface area contributed by atoms with Crippen LogP contribution in [0.25, 0.3) is 89.7 Å². The van der Waals surface area contributed by atoms with Crippen LogP contribution in [0.5, 0.6) is 11.5 Å². The van der Waals surface area contributed by atoms with Crippen LogP contribution < -0.4 is 14.7 Å². The molecule has 8 heterocycles. The zero-order chi connectivity index (χ0) is 50.8. The molecule has 0 aliphatic carbocycles. The minimum absolute atomic E-state index is 0. The Hall–Kier alpha value is -4.95. The summed E-state index contributed by atoms with van der Waals surface area (Å²) in [5.74, 6) is 2.95. The summed E-state index contributed by atoms with van der Waals surface area (Å²) in [4.78, 5) is 40.7. The summed E-state index contributed by atoms with van der Waals surface area (Å²) in [7, 11) is 67.8. The van der Waals surface area contributed by atoms with E-state index in [9.17, 15) is 0 Å². The van der Waals surface area contributed by atoms with Crippen molar-refractivity contribution >= 4 is 177 Å². The van der Waals surface area contributed by atoms with Crippen LogP contribution in [-0.4, -0.2) is 162 Å². The van der Waals surface area contributed by atoms with Gasteiger partial charge in [0.25, 0.3) is 0 Å². The molecule has 0 N–H and O–H groups in total. The van der Waals surface area contributed by atoms with Crippen LogP contribution in [0.3, 0.4) is 0 Å². The molecule has 28 heteroatoms. The van der Waals surface area contributed by atoms with Gasteiger partial charge in [0.2, 0.25) is 0 Å². The Morgan fingerprint density at radius 1 is 0.453 bits per heavy atom. The molecule has 3 saturated heterocycles. The molecule has 6 unspecified atom stereocenters. The fourth-order valence-electron chi connectivity index (χ4n) is 12.0. The van der Waals surface area contributed by atoms with E-state index >= 15 is 0 Å². The number of nitrogens with zero attached hydrogens (tertiary/aromatic N) is 8. The molecule has 5 aliphatic rings. The Kier molecular flexibility index (Phi) is 13.0. The van der Waals surface area contributed by atoms with E-state index in [4.69, 9.17) is 114 Å². The van der Waals surface area contributed by atoms with Crippen molar-refractivity contribution in [2.24, 2.45) is 0 Å². The normalized spacial score (nSPS) is 22.6. The van der Waals surface area contributed by atoms with Crippen LogP contribution in [0.15, 0.2) is 103 Å². The first-order valence-electron chi connectivity index (χ1n) is 24.6. The molecular formula is C47H26B18N8OZn. The predicted octanol–water partition coefficient (Wildman–Crippen LogP) is 2.87. The molecule has 0 amide bonds. The Bertz CT molecular complexity index is 3750. The number of ether oxygens (including phenoxy) is 1. The quantitative estimate of drug-likeness (QED) is 0.152. The molecule has 3 fully saturated rings. The van der Waals surface area contributed by atoms with Gasteiger partial charge < -0.3 is 29.7 Å². The van der Waals surface area contributed by atoms with Gasteiger partial charge in [-0.05, 0) is 75.7 Å². The molecule has 8 aromatic rings. The van der Waals surface area contributed by atoms with Gasteiger partial charge in [-0.3, -0.25) is 0 Å². The van der Waals surface area contributed by atoms with Crippen molar-refractivity contribution in [3.63, 3.8) is 0 Å². The number of aromatic nitrogens is 8. The van der Waals surface area contributed by atoms with Crippen LogP contribution in [0.1, 0.15) is 16.7 Å². The van der Waals surface area contributed by atoms with E-state index in [1.807, 2.05) is 91.0 Å².